The van der Waals surface area contributed by atoms with Gasteiger partial charge in [0.2, 0.25) is 0 Å². The molecule has 2 aromatic heterocycles. The average Bonchev–Trinajstić information content (AvgIpc) is 2.37. The molecule has 0 aromatic carbocycles. The molecule has 0 bridgehead atoms. The lowest BCUT2D eigenvalue weighted by atomic mass is 10.3. The number of aromatic nitrogens is 3. The van der Waals surface area contributed by atoms with Crippen molar-refractivity contribution in [3.05, 3.63) is 41.7 Å². The summed E-state index contributed by atoms with van der Waals surface area (Å²) in [6.07, 6.45) is 0. The number of aryl methyl sites for hydroxylation is 1. The van der Waals surface area contributed by atoms with E-state index >= 15 is 0 Å². The first-order chi connectivity index (χ1) is 8.69. The normalized spacial score (nSPS) is 10.3. The third-order valence-electron chi connectivity index (χ3n) is 2.68. The summed E-state index contributed by atoms with van der Waals surface area (Å²) in [5, 5.41) is 7.96. The molecule has 0 radical (unpaired) electrons. The van der Waals surface area contributed by atoms with Gasteiger partial charge in [0.15, 0.2) is 5.82 Å². The highest BCUT2D eigenvalue weighted by molar-refractivity contribution is 5.41. The van der Waals surface area contributed by atoms with E-state index in [0.29, 0.717) is 5.82 Å². The topological polar surface area (TPSA) is 67.9 Å². The minimum absolute atomic E-state index is 0.434. The summed E-state index contributed by atoms with van der Waals surface area (Å²) in [5.74, 6) is 1.25. The molecule has 5 heteroatoms. The van der Waals surface area contributed by atoms with E-state index in [1.807, 2.05) is 31.2 Å². The van der Waals surface area contributed by atoms with Crippen LogP contribution >= 0.6 is 0 Å². The zero-order valence-corrected chi connectivity index (χ0v) is 10.7. The van der Waals surface area contributed by atoms with Crippen LogP contribution in [0.5, 0.6) is 0 Å². The van der Waals surface area contributed by atoms with Crippen LogP contribution in [0.15, 0.2) is 30.3 Å². The smallest absolute Gasteiger partial charge is 0.151 e. The Labute approximate surface area is 107 Å². The molecule has 0 spiro atoms. The van der Waals surface area contributed by atoms with Crippen LogP contribution in [0.1, 0.15) is 18.3 Å². The third kappa shape index (κ3) is 2.94. The van der Waals surface area contributed by atoms with Crippen LogP contribution in [-0.2, 0) is 6.54 Å². The van der Waals surface area contributed by atoms with Gasteiger partial charge < -0.3 is 10.6 Å². The fourth-order valence-electron chi connectivity index (χ4n) is 1.74. The molecule has 0 aliphatic heterocycles. The van der Waals surface area contributed by atoms with Crippen LogP contribution in [-0.4, -0.2) is 21.7 Å². The third-order valence-corrected chi connectivity index (χ3v) is 2.68. The number of nitrogens with zero attached hydrogens (tertiary/aromatic N) is 4. The second-order valence-electron chi connectivity index (χ2n) is 4.10. The van der Waals surface area contributed by atoms with E-state index in [9.17, 15) is 0 Å². The molecule has 2 N–H and O–H groups in total. The summed E-state index contributed by atoms with van der Waals surface area (Å²) in [7, 11) is 0. The van der Waals surface area contributed by atoms with Crippen molar-refractivity contribution in [2.45, 2.75) is 20.4 Å². The van der Waals surface area contributed by atoms with Crippen molar-refractivity contribution in [3.8, 4) is 0 Å². The van der Waals surface area contributed by atoms with Gasteiger partial charge in [-0.2, -0.15) is 0 Å². The Balaban J connectivity index is 2.17. The quantitative estimate of drug-likeness (QED) is 0.886. The first-order valence-corrected chi connectivity index (χ1v) is 5.95. The Kier molecular flexibility index (Phi) is 3.72. The van der Waals surface area contributed by atoms with Crippen molar-refractivity contribution in [1.29, 1.82) is 0 Å². The Morgan fingerprint density at radius 2 is 2.00 bits per heavy atom. The van der Waals surface area contributed by atoms with Crippen molar-refractivity contribution in [2.24, 2.45) is 0 Å². The van der Waals surface area contributed by atoms with Crippen LogP contribution in [0.2, 0.25) is 0 Å². The Morgan fingerprint density at radius 3 is 2.61 bits per heavy atom. The molecule has 0 aliphatic rings. The Morgan fingerprint density at radius 1 is 1.17 bits per heavy atom. The summed E-state index contributed by atoms with van der Waals surface area (Å²) in [5.41, 5.74) is 7.58. The first-order valence-electron chi connectivity index (χ1n) is 5.95. The van der Waals surface area contributed by atoms with Gasteiger partial charge in [-0.25, -0.2) is 0 Å². The zero-order chi connectivity index (χ0) is 13.0. The predicted octanol–water partition coefficient (Wildman–Crippen LogP) is 1.79. The molecule has 18 heavy (non-hydrogen) atoms. The van der Waals surface area contributed by atoms with Gasteiger partial charge in [-0.05, 0) is 38.1 Å². The summed E-state index contributed by atoms with van der Waals surface area (Å²) >= 11 is 0. The van der Waals surface area contributed by atoms with Gasteiger partial charge in [0.1, 0.15) is 5.82 Å². The van der Waals surface area contributed by atoms with E-state index < -0.39 is 0 Å². The second kappa shape index (κ2) is 5.44. The monoisotopic (exact) mass is 243 g/mol. The highest BCUT2D eigenvalue weighted by Crippen LogP contribution is 2.13. The number of nitrogens with two attached hydrogens (primary N) is 1. The van der Waals surface area contributed by atoms with E-state index in [0.717, 1.165) is 30.3 Å². The molecule has 0 unspecified atom stereocenters. The highest BCUT2D eigenvalue weighted by Gasteiger charge is 2.08. The SMILES string of the molecule is CCN(Cc1cccc(C)n1)c1ccc(N)nn1. The van der Waals surface area contributed by atoms with Crippen molar-refractivity contribution in [2.75, 3.05) is 17.2 Å². The maximum atomic E-state index is 5.54. The van der Waals surface area contributed by atoms with Crippen LogP contribution < -0.4 is 10.6 Å². The Bertz CT molecular complexity index is 509. The molecule has 5 nitrogen and oxygen atoms in total. The maximum absolute atomic E-state index is 5.54. The molecule has 94 valence electrons. The number of nitrogen functional groups attached to an aromatic ring is 1. The van der Waals surface area contributed by atoms with Gasteiger partial charge in [-0.15, -0.1) is 10.2 Å². The first kappa shape index (κ1) is 12.3. The fraction of sp³-hybridized carbons (Fsp3) is 0.308. The zero-order valence-electron chi connectivity index (χ0n) is 10.7. The number of hydrogen-bond donors (Lipinski definition) is 1. The van der Waals surface area contributed by atoms with E-state index in [4.69, 9.17) is 5.73 Å². The van der Waals surface area contributed by atoms with E-state index in [2.05, 4.69) is 27.0 Å². The molecule has 0 fully saturated rings. The molecule has 2 rings (SSSR count). The van der Waals surface area contributed by atoms with E-state index in [1.165, 1.54) is 0 Å². The van der Waals surface area contributed by atoms with Crippen LogP contribution in [0.25, 0.3) is 0 Å². The number of anilines is 2. The number of pyridine rings is 1. The molecule has 0 amide bonds. The van der Waals surface area contributed by atoms with Crippen LogP contribution in [0, 0.1) is 6.92 Å². The van der Waals surface area contributed by atoms with Crippen molar-refractivity contribution in [3.63, 3.8) is 0 Å². The lowest BCUT2D eigenvalue weighted by Gasteiger charge is -2.20. The molecule has 0 atom stereocenters. The summed E-state index contributed by atoms with van der Waals surface area (Å²) in [6, 6.07) is 9.65. The molecule has 2 heterocycles. The average molecular weight is 243 g/mol. The highest BCUT2D eigenvalue weighted by atomic mass is 15.3. The van der Waals surface area contributed by atoms with Crippen molar-refractivity contribution < 1.29 is 0 Å². The Hall–Kier alpha value is -2.17. The van der Waals surface area contributed by atoms with E-state index in [-0.39, 0.29) is 0 Å². The van der Waals surface area contributed by atoms with E-state index in [1.54, 1.807) is 6.07 Å². The molecule has 2 aromatic rings. The summed E-state index contributed by atoms with van der Waals surface area (Å²) in [6.45, 7) is 5.63. The van der Waals surface area contributed by atoms with Crippen LogP contribution in [0.4, 0.5) is 11.6 Å². The summed E-state index contributed by atoms with van der Waals surface area (Å²) in [4.78, 5) is 6.59. The summed E-state index contributed by atoms with van der Waals surface area (Å²) < 4.78 is 0. The minimum Gasteiger partial charge on any atom is -0.382 e. The number of hydrogen-bond acceptors (Lipinski definition) is 5. The van der Waals surface area contributed by atoms with Crippen molar-refractivity contribution in [1.82, 2.24) is 15.2 Å². The fourth-order valence-corrected chi connectivity index (χ4v) is 1.74. The van der Waals surface area contributed by atoms with Gasteiger partial charge in [0, 0.05) is 12.2 Å². The van der Waals surface area contributed by atoms with Gasteiger partial charge in [-0.3, -0.25) is 4.98 Å². The largest absolute Gasteiger partial charge is 0.382 e. The second-order valence-corrected chi connectivity index (χ2v) is 4.10. The molecule has 0 saturated heterocycles. The van der Waals surface area contributed by atoms with Gasteiger partial charge in [0.05, 0.1) is 12.2 Å². The lowest BCUT2D eigenvalue weighted by Crippen LogP contribution is -2.24. The minimum atomic E-state index is 0.434. The van der Waals surface area contributed by atoms with Gasteiger partial charge >= 0.3 is 0 Å². The van der Waals surface area contributed by atoms with Crippen molar-refractivity contribution >= 4 is 11.6 Å². The standard InChI is InChI=1S/C13H17N5/c1-3-18(13-8-7-12(14)16-17-13)9-11-6-4-5-10(2)15-11/h4-8H,3,9H2,1-2H3,(H2,14,16). The number of rotatable bonds is 4. The maximum Gasteiger partial charge on any atom is 0.151 e. The lowest BCUT2D eigenvalue weighted by molar-refractivity contribution is 0.778. The molecule has 0 aliphatic carbocycles. The molecule has 0 saturated carbocycles. The predicted molar refractivity (Wildman–Crippen MR) is 72.1 cm³/mol. The molecular formula is C13H17N5. The van der Waals surface area contributed by atoms with Crippen LogP contribution in [0.3, 0.4) is 0 Å². The van der Waals surface area contributed by atoms with Gasteiger partial charge in [0.25, 0.3) is 0 Å². The molecular weight excluding hydrogens is 226 g/mol. The van der Waals surface area contributed by atoms with Gasteiger partial charge in [-0.1, -0.05) is 6.07 Å².